The summed E-state index contributed by atoms with van der Waals surface area (Å²) in [6.07, 6.45) is 2.04. The van der Waals surface area contributed by atoms with Gasteiger partial charge >= 0.3 is 0 Å². The summed E-state index contributed by atoms with van der Waals surface area (Å²) < 4.78 is 0. The van der Waals surface area contributed by atoms with Crippen LogP contribution in [0.4, 0.5) is 5.69 Å². The third-order valence-corrected chi connectivity index (χ3v) is 4.59. The van der Waals surface area contributed by atoms with Gasteiger partial charge in [0.05, 0.1) is 12.6 Å². The first kappa shape index (κ1) is 16.5. The fourth-order valence-corrected chi connectivity index (χ4v) is 3.31. The molecule has 2 aromatic rings. The van der Waals surface area contributed by atoms with E-state index >= 15 is 0 Å². The standard InChI is InChI=1S/C20H24N2O2/c23-19(16-8-3-1-4-9-16)14-18-12-7-13-22(18)20(24)15-21-17-10-5-2-6-11-17/h1-6,8-11,18-19,21,23H,7,12-15H2. The van der Waals surface area contributed by atoms with Gasteiger partial charge in [0, 0.05) is 18.3 Å². The minimum atomic E-state index is -0.522. The molecule has 2 aromatic carbocycles. The number of anilines is 1. The van der Waals surface area contributed by atoms with Gasteiger partial charge < -0.3 is 15.3 Å². The van der Waals surface area contributed by atoms with Crippen molar-refractivity contribution in [3.05, 3.63) is 66.2 Å². The monoisotopic (exact) mass is 324 g/mol. The predicted molar refractivity (Wildman–Crippen MR) is 95.7 cm³/mol. The number of benzene rings is 2. The molecule has 0 aliphatic carbocycles. The van der Waals surface area contributed by atoms with Gasteiger partial charge in [-0.05, 0) is 37.0 Å². The summed E-state index contributed by atoms with van der Waals surface area (Å²) >= 11 is 0. The highest BCUT2D eigenvalue weighted by Gasteiger charge is 2.30. The first-order valence-electron chi connectivity index (χ1n) is 8.55. The van der Waals surface area contributed by atoms with Crippen LogP contribution in [-0.2, 0) is 4.79 Å². The summed E-state index contributed by atoms with van der Waals surface area (Å²) in [4.78, 5) is 14.4. The second kappa shape index (κ2) is 7.97. The number of nitrogens with zero attached hydrogens (tertiary/aromatic N) is 1. The Bertz CT molecular complexity index is 645. The molecule has 126 valence electrons. The Morgan fingerprint density at radius 3 is 2.50 bits per heavy atom. The Morgan fingerprint density at radius 2 is 1.79 bits per heavy atom. The number of rotatable bonds is 6. The SMILES string of the molecule is O=C(CNc1ccccc1)N1CCCC1CC(O)c1ccccc1. The Hall–Kier alpha value is -2.33. The molecule has 1 aliphatic heterocycles. The van der Waals surface area contributed by atoms with Crippen LogP contribution in [0.3, 0.4) is 0 Å². The maximum absolute atomic E-state index is 12.5. The molecule has 1 heterocycles. The van der Waals surface area contributed by atoms with E-state index in [1.807, 2.05) is 65.6 Å². The summed E-state index contributed by atoms with van der Waals surface area (Å²) in [6.45, 7) is 1.07. The summed E-state index contributed by atoms with van der Waals surface area (Å²) in [6, 6.07) is 19.5. The van der Waals surface area contributed by atoms with Crippen molar-refractivity contribution in [3.63, 3.8) is 0 Å². The lowest BCUT2D eigenvalue weighted by molar-refractivity contribution is -0.130. The third kappa shape index (κ3) is 4.15. The van der Waals surface area contributed by atoms with Crippen LogP contribution in [0.2, 0.25) is 0 Å². The van der Waals surface area contributed by atoms with E-state index in [2.05, 4.69) is 5.32 Å². The normalized spacial score (nSPS) is 18.4. The fourth-order valence-electron chi connectivity index (χ4n) is 3.31. The predicted octanol–water partition coefficient (Wildman–Crippen LogP) is 3.21. The number of hydrogen-bond acceptors (Lipinski definition) is 3. The van der Waals surface area contributed by atoms with Crippen molar-refractivity contribution in [1.29, 1.82) is 0 Å². The van der Waals surface area contributed by atoms with E-state index in [-0.39, 0.29) is 11.9 Å². The second-order valence-electron chi connectivity index (χ2n) is 6.26. The van der Waals surface area contributed by atoms with Gasteiger partial charge in [-0.1, -0.05) is 48.5 Å². The van der Waals surface area contributed by atoms with E-state index in [0.717, 1.165) is 30.6 Å². The summed E-state index contributed by atoms with van der Waals surface area (Å²) in [5.74, 6) is 0.0987. The summed E-state index contributed by atoms with van der Waals surface area (Å²) in [7, 11) is 0. The molecule has 0 spiro atoms. The van der Waals surface area contributed by atoms with E-state index in [9.17, 15) is 9.90 Å². The maximum Gasteiger partial charge on any atom is 0.242 e. The van der Waals surface area contributed by atoms with Crippen molar-refractivity contribution in [3.8, 4) is 0 Å². The van der Waals surface area contributed by atoms with Gasteiger partial charge in [0.25, 0.3) is 0 Å². The second-order valence-corrected chi connectivity index (χ2v) is 6.26. The average molecular weight is 324 g/mol. The topological polar surface area (TPSA) is 52.6 Å². The van der Waals surface area contributed by atoms with Gasteiger partial charge in [0.1, 0.15) is 0 Å². The number of carbonyl (C=O) groups excluding carboxylic acids is 1. The van der Waals surface area contributed by atoms with Crippen molar-refractivity contribution in [2.75, 3.05) is 18.4 Å². The largest absolute Gasteiger partial charge is 0.388 e. The van der Waals surface area contributed by atoms with Gasteiger partial charge in [-0.25, -0.2) is 0 Å². The molecule has 2 N–H and O–H groups in total. The van der Waals surface area contributed by atoms with Crippen molar-refractivity contribution in [1.82, 2.24) is 4.90 Å². The lowest BCUT2D eigenvalue weighted by Gasteiger charge is -2.27. The number of amides is 1. The van der Waals surface area contributed by atoms with E-state index in [0.29, 0.717) is 13.0 Å². The molecule has 1 aliphatic rings. The molecule has 4 nitrogen and oxygen atoms in total. The lowest BCUT2D eigenvalue weighted by Crippen LogP contribution is -2.39. The van der Waals surface area contributed by atoms with Gasteiger partial charge in [-0.3, -0.25) is 4.79 Å². The number of nitrogens with one attached hydrogen (secondary N) is 1. The first-order valence-corrected chi connectivity index (χ1v) is 8.55. The van der Waals surface area contributed by atoms with Crippen molar-refractivity contribution in [2.45, 2.75) is 31.4 Å². The van der Waals surface area contributed by atoms with Crippen molar-refractivity contribution >= 4 is 11.6 Å². The van der Waals surface area contributed by atoms with Gasteiger partial charge in [0.2, 0.25) is 5.91 Å². The average Bonchev–Trinajstić information content (AvgIpc) is 3.09. The van der Waals surface area contributed by atoms with Crippen LogP contribution in [0.15, 0.2) is 60.7 Å². The first-order chi connectivity index (χ1) is 11.7. The molecule has 0 radical (unpaired) electrons. The molecule has 2 atom stereocenters. The maximum atomic E-state index is 12.5. The van der Waals surface area contributed by atoms with Crippen LogP contribution in [0.1, 0.15) is 30.9 Å². The zero-order chi connectivity index (χ0) is 16.8. The van der Waals surface area contributed by atoms with E-state index < -0.39 is 6.10 Å². The smallest absolute Gasteiger partial charge is 0.242 e. The van der Waals surface area contributed by atoms with Crippen LogP contribution in [0.25, 0.3) is 0 Å². The quantitative estimate of drug-likeness (QED) is 0.858. The number of carbonyl (C=O) groups is 1. The zero-order valence-electron chi connectivity index (χ0n) is 13.8. The molecule has 1 amide bonds. The molecule has 0 saturated carbocycles. The van der Waals surface area contributed by atoms with E-state index in [1.165, 1.54) is 0 Å². The highest BCUT2D eigenvalue weighted by atomic mass is 16.3. The summed E-state index contributed by atoms with van der Waals surface area (Å²) in [5, 5.41) is 13.6. The van der Waals surface area contributed by atoms with Crippen molar-refractivity contribution < 1.29 is 9.90 Å². The molecule has 2 unspecified atom stereocenters. The molecule has 1 saturated heterocycles. The van der Waals surface area contributed by atoms with E-state index in [4.69, 9.17) is 0 Å². The molecule has 3 rings (SSSR count). The number of likely N-dealkylation sites (tertiary alicyclic amines) is 1. The molecule has 0 aromatic heterocycles. The Morgan fingerprint density at radius 1 is 1.12 bits per heavy atom. The van der Waals surface area contributed by atoms with Crippen molar-refractivity contribution in [2.24, 2.45) is 0 Å². The molecule has 1 fully saturated rings. The molecular weight excluding hydrogens is 300 g/mol. The highest BCUT2D eigenvalue weighted by Crippen LogP contribution is 2.27. The lowest BCUT2D eigenvalue weighted by atomic mass is 10.0. The fraction of sp³-hybridized carbons (Fsp3) is 0.350. The molecule has 0 bridgehead atoms. The third-order valence-electron chi connectivity index (χ3n) is 4.59. The number of aliphatic hydroxyl groups excluding tert-OH is 1. The van der Waals surface area contributed by atoms with Gasteiger partial charge in [-0.15, -0.1) is 0 Å². The Labute approximate surface area is 143 Å². The van der Waals surface area contributed by atoms with Crippen LogP contribution < -0.4 is 5.32 Å². The van der Waals surface area contributed by atoms with Gasteiger partial charge in [-0.2, -0.15) is 0 Å². The molecular formula is C20H24N2O2. The van der Waals surface area contributed by atoms with Crippen LogP contribution in [0, 0.1) is 0 Å². The van der Waals surface area contributed by atoms with Crippen LogP contribution in [-0.4, -0.2) is 35.0 Å². The van der Waals surface area contributed by atoms with Gasteiger partial charge in [0.15, 0.2) is 0 Å². The Kier molecular flexibility index (Phi) is 5.49. The van der Waals surface area contributed by atoms with Crippen LogP contribution >= 0.6 is 0 Å². The molecule has 24 heavy (non-hydrogen) atoms. The highest BCUT2D eigenvalue weighted by molar-refractivity contribution is 5.81. The minimum Gasteiger partial charge on any atom is -0.388 e. The number of aliphatic hydroxyl groups is 1. The minimum absolute atomic E-state index is 0.0987. The number of hydrogen-bond donors (Lipinski definition) is 2. The summed E-state index contributed by atoms with van der Waals surface area (Å²) in [5.41, 5.74) is 1.87. The number of para-hydroxylation sites is 1. The zero-order valence-corrected chi connectivity index (χ0v) is 13.8. The van der Waals surface area contributed by atoms with E-state index in [1.54, 1.807) is 0 Å². The molecule has 4 heteroatoms. The van der Waals surface area contributed by atoms with Crippen LogP contribution in [0.5, 0.6) is 0 Å². The Balaban J connectivity index is 1.55.